The highest BCUT2D eigenvalue weighted by Gasteiger charge is 2.17. The maximum absolute atomic E-state index is 6.50. The average molecular weight is 302 g/mol. The molecule has 0 atom stereocenters. The molecule has 2 nitrogen and oxygen atoms in total. The van der Waals surface area contributed by atoms with Crippen molar-refractivity contribution in [2.75, 3.05) is 13.2 Å². The van der Waals surface area contributed by atoms with E-state index >= 15 is 0 Å². The third-order valence-corrected chi connectivity index (χ3v) is 4.15. The lowest BCUT2D eigenvalue weighted by molar-refractivity contribution is 0.289. The Kier molecular flexibility index (Phi) is 4.47. The monoisotopic (exact) mass is 301 g/mol. The molecule has 0 aromatic heterocycles. The molecule has 2 aromatic rings. The van der Waals surface area contributed by atoms with Gasteiger partial charge < -0.3 is 10.1 Å². The molecule has 0 saturated carbocycles. The van der Waals surface area contributed by atoms with Crippen LogP contribution in [0.3, 0.4) is 0 Å². The topological polar surface area (TPSA) is 21.3 Å². The molecule has 0 bridgehead atoms. The summed E-state index contributed by atoms with van der Waals surface area (Å²) >= 11 is 6.50. The first-order chi connectivity index (χ1) is 10.3. The average Bonchev–Trinajstić information content (AvgIpc) is 2.53. The van der Waals surface area contributed by atoms with Crippen LogP contribution in [0.4, 0.5) is 0 Å². The van der Waals surface area contributed by atoms with E-state index in [2.05, 4.69) is 42.6 Å². The number of ether oxygens (including phenoxy) is 1. The molecule has 0 aliphatic carbocycles. The minimum atomic E-state index is 0.785. The number of aryl methyl sites for hydroxylation is 1. The third-order valence-electron chi connectivity index (χ3n) is 3.84. The normalized spacial score (nSPS) is 13.6. The van der Waals surface area contributed by atoms with Gasteiger partial charge in [0, 0.05) is 22.7 Å². The molecule has 0 unspecified atom stereocenters. The van der Waals surface area contributed by atoms with Gasteiger partial charge in [0.2, 0.25) is 0 Å². The first-order valence-electron chi connectivity index (χ1n) is 7.54. The van der Waals surface area contributed by atoms with Gasteiger partial charge in [0.1, 0.15) is 5.75 Å². The molecular weight excluding hydrogens is 282 g/mol. The fraction of sp³-hybridized carbons (Fsp3) is 0.333. The van der Waals surface area contributed by atoms with Crippen LogP contribution in [0, 0.1) is 0 Å². The predicted octanol–water partition coefficient (Wildman–Crippen LogP) is 4.44. The SMILES string of the molecule is CCNCc1ccc(-c2cccc3c2OCCC3)c(Cl)c1. The van der Waals surface area contributed by atoms with Gasteiger partial charge in [0.25, 0.3) is 0 Å². The Labute approximate surface area is 131 Å². The summed E-state index contributed by atoms with van der Waals surface area (Å²) in [5.74, 6) is 1.00. The lowest BCUT2D eigenvalue weighted by atomic mass is 9.97. The van der Waals surface area contributed by atoms with Gasteiger partial charge in [-0.3, -0.25) is 0 Å². The van der Waals surface area contributed by atoms with Gasteiger partial charge in [0.05, 0.1) is 6.61 Å². The van der Waals surface area contributed by atoms with Gasteiger partial charge >= 0.3 is 0 Å². The van der Waals surface area contributed by atoms with Gasteiger partial charge in [-0.25, -0.2) is 0 Å². The molecule has 0 saturated heterocycles. The van der Waals surface area contributed by atoms with Crippen LogP contribution in [-0.4, -0.2) is 13.2 Å². The summed E-state index contributed by atoms with van der Waals surface area (Å²) in [7, 11) is 0. The Bertz CT molecular complexity index is 639. The molecule has 1 heterocycles. The zero-order chi connectivity index (χ0) is 14.7. The van der Waals surface area contributed by atoms with Crippen molar-refractivity contribution in [2.45, 2.75) is 26.3 Å². The minimum Gasteiger partial charge on any atom is -0.493 e. The summed E-state index contributed by atoms with van der Waals surface area (Å²) in [6.07, 6.45) is 2.17. The van der Waals surface area contributed by atoms with Crippen LogP contribution in [-0.2, 0) is 13.0 Å². The molecule has 1 aliphatic heterocycles. The number of fused-ring (bicyclic) bond motifs is 1. The summed E-state index contributed by atoms with van der Waals surface area (Å²) in [5, 5.41) is 4.10. The fourth-order valence-corrected chi connectivity index (χ4v) is 3.06. The molecule has 3 heteroatoms. The van der Waals surface area contributed by atoms with E-state index < -0.39 is 0 Å². The van der Waals surface area contributed by atoms with Gasteiger partial charge in [-0.1, -0.05) is 48.9 Å². The smallest absolute Gasteiger partial charge is 0.130 e. The third kappa shape index (κ3) is 3.07. The van der Waals surface area contributed by atoms with Crippen molar-refractivity contribution in [3.05, 3.63) is 52.5 Å². The van der Waals surface area contributed by atoms with Gasteiger partial charge in [-0.15, -0.1) is 0 Å². The fourth-order valence-electron chi connectivity index (χ4n) is 2.76. The van der Waals surface area contributed by atoms with Crippen molar-refractivity contribution in [1.29, 1.82) is 0 Å². The maximum atomic E-state index is 6.50. The van der Waals surface area contributed by atoms with E-state index in [-0.39, 0.29) is 0 Å². The highest BCUT2D eigenvalue weighted by Crippen LogP contribution is 2.39. The number of rotatable bonds is 4. The van der Waals surface area contributed by atoms with E-state index in [9.17, 15) is 0 Å². The number of nitrogens with one attached hydrogen (secondary N) is 1. The number of benzene rings is 2. The zero-order valence-corrected chi connectivity index (χ0v) is 13.0. The Morgan fingerprint density at radius 2 is 2.10 bits per heavy atom. The molecule has 1 N–H and O–H groups in total. The maximum Gasteiger partial charge on any atom is 0.130 e. The van der Waals surface area contributed by atoms with Crippen LogP contribution in [0.15, 0.2) is 36.4 Å². The van der Waals surface area contributed by atoms with Crippen molar-refractivity contribution in [1.82, 2.24) is 5.32 Å². The minimum absolute atomic E-state index is 0.785. The van der Waals surface area contributed by atoms with Crippen molar-refractivity contribution < 1.29 is 4.74 Å². The van der Waals surface area contributed by atoms with E-state index in [1.165, 1.54) is 11.1 Å². The Morgan fingerprint density at radius 3 is 2.90 bits per heavy atom. The van der Waals surface area contributed by atoms with Crippen LogP contribution in [0.1, 0.15) is 24.5 Å². The summed E-state index contributed by atoms with van der Waals surface area (Å²) in [6.45, 7) is 4.70. The second kappa shape index (κ2) is 6.50. The number of hydrogen-bond acceptors (Lipinski definition) is 2. The highest BCUT2D eigenvalue weighted by atomic mass is 35.5. The summed E-state index contributed by atoms with van der Waals surface area (Å²) in [5.41, 5.74) is 4.64. The van der Waals surface area contributed by atoms with Crippen molar-refractivity contribution >= 4 is 11.6 Å². The summed E-state index contributed by atoms with van der Waals surface area (Å²) < 4.78 is 5.89. The molecule has 1 aliphatic rings. The van der Waals surface area contributed by atoms with E-state index in [0.717, 1.165) is 54.4 Å². The van der Waals surface area contributed by atoms with Gasteiger partial charge in [-0.2, -0.15) is 0 Å². The summed E-state index contributed by atoms with van der Waals surface area (Å²) in [4.78, 5) is 0. The van der Waals surface area contributed by atoms with Crippen molar-refractivity contribution in [3.8, 4) is 16.9 Å². The number of para-hydroxylation sites is 1. The molecule has 110 valence electrons. The van der Waals surface area contributed by atoms with Crippen molar-refractivity contribution in [3.63, 3.8) is 0 Å². The zero-order valence-electron chi connectivity index (χ0n) is 12.3. The van der Waals surface area contributed by atoms with Crippen LogP contribution in [0.5, 0.6) is 5.75 Å². The van der Waals surface area contributed by atoms with Crippen LogP contribution < -0.4 is 10.1 Å². The summed E-state index contributed by atoms with van der Waals surface area (Å²) in [6, 6.07) is 12.6. The second-order valence-electron chi connectivity index (χ2n) is 5.34. The number of halogens is 1. The molecule has 3 rings (SSSR count). The Hall–Kier alpha value is -1.51. The lowest BCUT2D eigenvalue weighted by Gasteiger charge is -2.21. The van der Waals surface area contributed by atoms with Crippen LogP contribution >= 0.6 is 11.6 Å². The van der Waals surface area contributed by atoms with Crippen LogP contribution in [0.2, 0.25) is 5.02 Å². The van der Waals surface area contributed by atoms with E-state index in [1.807, 2.05) is 6.07 Å². The first-order valence-corrected chi connectivity index (χ1v) is 7.91. The predicted molar refractivity (Wildman–Crippen MR) is 88.1 cm³/mol. The number of hydrogen-bond donors (Lipinski definition) is 1. The Balaban J connectivity index is 1.97. The largest absolute Gasteiger partial charge is 0.493 e. The quantitative estimate of drug-likeness (QED) is 0.901. The molecule has 21 heavy (non-hydrogen) atoms. The standard InChI is InChI=1S/C18H20ClNO/c1-2-20-12-13-8-9-15(17(19)11-13)16-7-3-5-14-6-4-10-21-18(14)16/h3,5,7-9,11,20H,2,4,6,10,12H2,1H3. The molecule has 0 amide bonds. The lowest BCUT2D eigenvalue weighted by Crippen LogP contribution is -2.11. The molecule has 2 aromatic carbocycles. The van der Waals surface area contributed by atoms with Gasteiger partial charge in [0.15, 0.2) is 0 Å². The van der Waals surface area contributed by atoms with Gasteiger partial charge in [-0.05, 0) is 36.6 Å². The van der Waals surface area contributed by atoms with E-state index in [1.54, 1.807) is 0 Å². The first kappa shape index (κ1) is 14.4. The molecule has 0 spiro atoms. The van der Waals surface area contributed by atoms with E-state index in [4.69, 9.17) is 16.3 Å². The van der Waals surface area contributed by atoms with Crippen molar-refractivity contribution in [2.24, 2.45) is 0 Å². The highest BCUT2D eigenvalue weighted by molar-refractivity contribution is 6.33. The molecular formula is C18H20ClNO. The molecule has 0 fully saturated rings. The Morgan fingerprint density at radius 1 is 1.19 bits per heavy atom. The van der Waals surface area contributed by atoms with E-state index in [0.29, 0.717) is 0 Å². The van der Waals surface area contributed by atoms with Crippen LogP contribution in [0.25, 0.3) is 11.1 Å². The molecule has 0 radical (unpaired) electrons. The second-order valence-corrected chi connectivity index (χ2v) is 5.75.